The van der Waals surface area contributed by atoms with E-state index in [0.29, 0.717) is 25.7 Å². The smallest absolute Gasteiger partial charge is 0.342 e. The largest absolute Gasteiger partial charge is 0.461 e. The van der Waals surface area contributed by atoms with E-state index in [9.17, 15) is 28.8 Å². The van der Waals surface area contributed by atoms with Gasteiger partial charge in [0.15, 0.2) is 12.4 Å². The van der Waals surface area contributed by atoms with E-state index in [1.165, 1.54) is 13.8 Å². The summed E-state index contributed by atoms with van der Waals surface area (Å²) in [6, 6.07) is -1.34. The molecule has 1 aromatic rings. The van der Waals surface area contributed by atoms with Gasteiger partial charge in [-0.15, -0.1) is 6.58 Å². The number of aliphatic hydroxyl groups excluding tert-OH is 1. The Bertz CT molecular complexity index is 1290. The summed E-state index contributed by atoms with van der Waals surface area (Å²) in [7, 11) is -4.38. The van der Waals surface area contributed by atoms with Crippen LogP contribution in [0.15, 0.2) is 34.5 Å². The number of carbonyl (C=O) groups excluding carboxylic acids is 2. The van der Waals surface area contributed by atoms with E-state index >= 15 is 4.39 Å². The fourth-order valence-corrected chi connectivity index (χ4v) is 7.28. The van der Waals surface area contributed by atoms with E-state index in [2.05, 4.69) is 16.8 Å². The molecule has 1 saturated heterocycles. The highest BCUT2D eigenvalue weighted by atomic mass is 31.2. The third-order valence-electron chi connectivity index (χ3n) is 7.95. The number of esters is 2. The van der Waals surface area contributed by atoms with Crippen LogP contribution in [0, 0.1) is 0 Å². The molecule has 1 aromatic heterocycles. The highest BCUT2D eigenvalue weighted by Gasteiger charge is 2.56. The summed E-state index contributed by atoms with van der Waals surface area (Å²) in [5, 5.41) is 15.8. The first-order valence-corrected chi connectivity index (χ1v) is 16.1. The normalized spacial score (nSPS) is 28.0. The Labute approximate surface area is 247 Å². The first-order valence-electron chi connectivity index (χ1n) is 14.5. The number of ether oxygens (including phenoxy) is 3. The standard InChI is InChI=1S/C27H40FN4O10P/c1-4-27(22(28)21(34)23(42-27)32-14-13-20(33)29-26(32)37)15-39-43(38,30-16(2)24(35)40-18-9-5-6-10-18)31-17(3)25(36)41-19-11-7-8-12-19/h4,13-14,16-19,21-23,34H,1,5-12,15H2,2-3H3,(H,29,33,37)(H2,30,31,38)/t16-,17-,21+,22-,23+,27+/m0/s1. The maximum Gasteiger partial charge on any atom is 0.342 e. The van der Waals surface area contributed by atoms with Gasteiger partial charge in [-0.1, -0.05) is 6.08 Å². The third-order valence-corrected chi connectivity index (χ3v) is 9.89. The van der Waals surface area contributed by atoms with Gasteiger partial charge in [-0.25, -0.2) is 19.4 Å². The second-order valence-corrected chi connectivity index (χ2v) is 13.2. The van der Waals surface area contributed by atoms with Crippen LogP contribution in [-0.4, -0.2) is 75.4 Å². The van der Waals surface area contributed by atoms with Crippen molar-refractivity contribution in [3.63, 3.8) is 0 Å². The van der Waals surface area contributed by atoms with Gasteiger partial charge < -0.3 is 23.8 Å². The number of aliphatic hydroxyl groups is 1. The molecule has 0 bridgehead atoms. The van der Waals surface area contributed by atoms with Crippen LogP contribution in [0.25, 0.3) is 0 Å². The predicted molar refractivity (Wildman–Crippen MR) is 151 cm³/mol. The Kier molecular flexibility index (Phi) is 10.8. The molecular formula is C27H40FN4O10P. The lowest BCUT2D eigenvalue weighted by atomic mass is 9.98. The molecule has 0 radical (unpaired) electrons. The van der Waals surface area contributed by atoms with Gasteiger partial charge in [0.2, 0.25) is 0 Å². The topological polar surface area (TPSA) is 187 Å². The number of halogens is 1. The van der Waals surface area contributed by atoms with Crippen LogP contribution in [0.4, 0.5) is 4.39 Å². The molecule has 6 atom stereocenters. The Morgan fingerprint density at radius 1 is 1.14 bits per heavy atom. The second kappa shape index (κ2) is 14.0. The summed E-state index contributed by atoms with van der Waals surface area (Å²) in [5.74, 6) is -1.38. The highest BCUT2D eigenvalue weighted by Crippen LogP contribution is 2.45. The minimum absolute atomic E-state index is 0.261. The molecule has 43 heavy (non-hydrogen) atoms. The van der Waals surface area contributed by atoms with Gasteiger partial charge in [-0.3, -0.25) is 28.5 Å². The van der Waals surface area contributed by atoms with Gasteiger partial charge in [0, 0.05) is 12.3 Å². The zero-order valence-corrected chi connectivity index (χ0v) is 25.1. The third kappa shape index (κ3) is 7.89. The number of nitrogens with zero attached hydrogens (tertiary/aromatic N) is 1. The maximum atomic E-state index is 15.6. The molecule has 2 saturated carbocycles. The maximum absolute atomic E-state index is 15.6. The minimum atomic E-state index is -4.38. The van der Waals surface area contributed by atoms with Crippen molar-refractivity contribution < 1.29 is 42.4 Å². The van der Waals surface area contributed by atoms with Crippen LogP contribution in [-0.2, 0) is 32.9 Å². The Balaban J connectivity index is 1.52. The predicted octanol–water partition coefficient (Wildman–Crippen LogP) is 1.74. The average molecular weight is 631 g/mol. The first-order chi connectivity index (χ1) is 20.4. The lowest BCUT2D eigenvalue weighted by Crippen LogP contribution is -2.46. The number of rotatable bonds is 13. The SMILES string of the molecule is C=C[C@]1(COP(=O)(N[C@@H](C)C(=O)OC2CCCC2)N[C@@H](C)C(=O)OC2CCCC2)O[C@@H](n2ccc(=O)[nH]c2=O)[C@H](O)[C@@H]1F. The summed E-state index contributed by atoms with van der Waals surface area (Å²) in [6.07, 6.45) is 2.35. The zero-order valence-electron chi connectivity index (χ0n) is 24.2. The number of hydrogen-bond donors (Lipinski definition) is 4. The molecule has 3 aliphatic rings. The quantitative estimate of drug-likeness (QED) is 0.141. The Morgan fingerprint density at radius 2 is 1.65 bits per heavy atom. The van der Waals surface area contributed by atoms with E-state index in [1.54, 1.807) is 0 Å². The lowest BCUT2D eigenvalue weighted by molar-refractivity contribution is -0.150. The number of hydrogen-bond acceptors (Lipinski definition) is 10. The Hall–Kier alpha value is -2.68. The van der Waals surface area contributed by atoms with Gasteiger partial charge >= 0.3 is 25.3 Å². The zero-order chi connectivity index (χ0) is 31.4. The minimum Gasteiger partial charge on any atom is -0.461 e. The van der Waals surface area contributed by atoms with Crippen molar-refractivity contribution in [2.24, 2.45) is 0 Å². The molecule has 0 amide bonds. The van der Waals surface area contributed by atoms with Crippen LogP contribution >= 0.6 is 7.67 Å². The molecular weight excluding hydrogens is 590 g/mol. The van der Waals surface area contributed by atoms with Crippen LogP contribution in [0.5, 0.6) is 0 Å². The van der Waals surface area contributed by atoms with Crippen LogP contribution < -0.4 is 21.4 Å². The molecule has 1 aliphatic heterocycles. The first kappa shape index (κ1) is 33.2. The van der Waals surface area contributed by atoms with Gasteiger partial charge in [0.05, 0.1) is 6.61 Å². The summed E-state index contributed by atoms with van der Waals surface area (Å²) >= 11 is 0. The fourth-order valence-electron chi connectivity index (χ4n) is 5.44. The average Bonchev–Trinajstić information content (AvgIpc) is 3.72. The molecule has 0 aromatic carbocycles. The molecule has 0 spiro atoms. The molecule has 16 heteroatoms. The van der Waals surface area contributed by atoms with Crippen molar-refractivity contribution >= 4 is 19.6 Å². The number of nitrogens with one attached hydrogen (secondary N) is 3. The van der Waals surface area contributed by atoms with Gasteiger partial charge in [0.25, 0.3) is 5.56 Å². The van der Waals surface area contributed by atoms with Gasteiger partial charge in [-0.2, -0.15) is 0 Å². The second-order valence-electron chi connectivity index (χ2n) is 11.3. The molecule has 2 heterocycles. The summed E-state index contributed by atoms with van der Waals surface area (Å²) in [5.41, 5.74) is -3.79. The van der Waals surface area contributed by atoms with E-state index < -0.39 is 73.7 Å². The van der Waals surface area contributed by atoms with Crippen LogP contribution in [0.1, 0.15) is 71.4 Å². The van der Waals surface area contributed by atoms with Crippen molar-refractivity contribution in [2.75, 3.05) is 6.61 Å². The van der Waals surface area contributed by atoms with Crippen LogP contribution in [0.3, 0.4) is 0 Å². The Morgan fingerprint density at radius 3 is 2.12 bits per heavy atom. The molecule has 2 aliphatic carbocycles. The molecule has 4 rings (SSSR count). The van der Waals surface area contributed by atoms with Gasteiger partial charge in [0.1, 0.15) is 36.0 Å². The van der Waals surface area contributed by atoms with Crippen molar-refractivity contribution in [2.45, 2.75) is 114 Å². The molecule has 3 fully saturated rings. The van der Waals surface area contributed by atoms with Crippen molar-refractivity contribution in [1.29, 1.82) is 0 Å². The van der Waals surface area contributed by atoms with E-state index in [-0.39, 0.29) is 12.2 Å². The van der Waals surface area contributed by atoms with Crippen molar-refractivity contribution in [3.05, 3.63) is 45.8 Å². The van der Waals surface area contributed by atoms with Gasteiger partial charge in [-0.05, 0) is 65.2 Å². The van der Waals surface area contributed by atoms with E-state index in [4.69, 9.17) is 18.7 Å². The molecule has 4 N–H and O–H groups in total. The number of aromatic nitrogens is 2. The monoisotopic (exact) mass is 630 g/mol. The van der Waals surface area contributed by atoms with Crippen molar-refractivity contribution in [3.8, 4) is 0 Å². The summed E-state index contributed by atoms with van der Waals surface area (Å²) in [6.45, 7) is 5.57. The van der Waals surface area contributed by atoms with Crippen LogP contribution in [0.2, 0.25) is 0 Å². The number of H-pyrrole nitrogens is 1. The lowest BCUT2D eigenvalue weighted by Gasteiger charge is -2.31. The summed E-state index contributed by atoms with van der Waals surface area (Å²) < 4.78 is 52.9. The van der Waals surface area contributed by atoms with Crippen molar-refractivity contribution in [1.82, 2.24) is 19.7 Å². The molecule has 14 nitrogen and oxygen atoms in total. The molecule has 240 valence electrons. The number of carbonyl (C=O) groups is 2. The van der Waals surface area contributed by atoms with E-state index in [0.717, 1.165) is 48.6 Å². The van der Waals surface area contributed by atoms with E-state index in [1.807, 2.05) is 4.98 Å². The number of alkyl halides is 1. The fraction of sp³-hybridized carbons (Fsp3) is 0.704. The molecule has 0 unspecified atom stereocenters. The highest BCUT2D eigenvalue weighted by molar-refractivity contribution is 7.54. The summed E-state index contributed by atoms with van der Waals surface area (Å²) in [4.78, 5) is 51.3. The number of aromatic amines is 1.